The summed E-state index contributed by atoms with van der Waals surface area (Å²) < 4.78 is 0. The molecular formula is C25H30NOP. The Bertz CT molecular complexity index is 889. The first kappa shape index (κ1) is 20.4. The van der Waals surface area contributed by atoms with Gasteiger partial charge in [-0.25, -0.2) is 0 Å². The second kappa shape index (κ2) is 9.26. The summed E-state index contributed by atoms with van der Waals surface area (Å²) in [6, 6.07) is 21.4. The van der Waals surface area contributed by atoms with E-state index in [0.717, 1.165) is 18.1 Å². The molecule has 2 aromatic carbocycles. The summed E-state index contributed by atoms with van der Waals surface area (Å²) in [6.45, 7) is 8.41. The minimum atomic E-state index is 0.195. The van der Waals surface area contributed by atoms with Crippen LogP contribution < -0.4 is 0 Å². The highest BCUT2D eigenvalue weighted by Gasteiger charge is 2.25. The predicted octanol–water partition coefficient (Wildman–Crippen LogP) is 6.16. The topological polar surface area (TPSA) is 20.3 Å². The van der Waals surface area contributed by atoms with Gasteiger partial charge in [0.15, 0.2) is 0 Å². The molecule has 3 heteroatoms. The number of rotatable bonds is 7. The molecule has 28 heavy (non-hydrogen) atoms. The first-order valence-electron chi connectivity index (χ1n) is 10.1. The van der Waals surface area contributed by atoms with Crippen molar-refractivity contribution < 1.29 is 4.79 Å². The minimum absolute atomic E-state index is 0.195. The van der Waals surface area contributed by atoms with Crippen molar-refractivity contribution in [3.8, 4) is 0 Å². The van der Waals surface area contributed by atoms with Crippen LogP contribution in [0.15, 0.2) is 66.5 Å². The summed E-state index contributed by atoms with van der Waals surface area (Å²) in [6.07, 6.45) is 1.70. The minimum Gasteiger partial charge on any atom is -0.334 e. The van der Waals surface area contributed by atoms with E-state index in [1.54, 1.807) is 0 Å². The van der Waals surface area contributed by atoms with Crippen molar-refractivity contribution in [2.45, 2.75) is 52.6 Å². The molecule has 0 saturated carbocycles. The van der Waals surface area contributed by atoms with E-state index in [1.165, 1.54) is 22.3 Å². The van der Waals surface area contributed by atoms with Gasteiger partial charge in [0, 0.05) is 12.1 Å². The van der Waals surface area contributed by atoms with Crippen LogP contribution in [-0.4, -0.2) is 22.9 Å². The van der Waals surface area contributed by atoms with E-state index in [2.05, 4.69) is 82.0 Å². The average molecular weight is 391 g/mol. The molecule has 3 rings (SSSR count). The van der Waals surface area contributed by atoms with Crippen molar-refractivity contribution in [1.82, 2.24) is 4.90 Å². The fraction of sp³-hybridized carbons (Fsp3) is 0.320. The van der Waals surface area contributed by atoms with E-state index in [1.807, 2.05) is 17.0 Å². The van der Waals surface area contributed by atoms with E-state index in [0.29, 0.717) is 8.19 Å². The highest BCUT2D eigenvalue weighted by Crippen LogP contribution is 2.33. The monoisotopic (exact) mass is 391 g/mol. The molecule has 0 saturated heterocycles. The van der Waals surface area contributed by atoms with Gasteiger partial charge in [0.2, 0.25) is 0 Å². The molecule has 0 aliphatic heterocycles. The Morgan fingerprint density at radius 1 is 0.821 bits per heavy atom. The molecule has 0 radical (unpaired) electrons. The van der Waals surface area contributed by atoms with Crippen LogP contribution in [0, 0.1) is 0 Å². The number of carbonyl (C=O) groups excluding carboxylic acids is 1. The van der Waals surface area contributed by atoms with Crippen LogP contribution in [0.25, 0.3) is 0 Å². The zero-order chi connectivity index (χ0) is 20.1. The van der Waals surface area contributed by atoms with Gasteiger partial charge in [-0.05, 0) is 68.6 Å². The highest BCUT2D eigenvalue weighted by atomic mass is 31.0. The molecule has 0 N–H and O–H groups in total. The van der Waals surface area contributed by atoms with Gasteiger partial charge < -0.3 is 4.90 Å². The summed E-state index contributed by atoms with van der Waals surface area (Å²) in [5, 5.41) is 0.997. The van der Waals surface area contributed by atoms with Gasteiger partial charge in [-0.1, -0.05) is 60.7 Å². The second-order valence-corrected chi connectivity index (χ2v) is 8.97. The van der Waals surface area contributed by atoms with Crippen LogP contribution in [0.5, 0.6) is 0 Å². The van der Waals surface area contributed by atoms with Crippen LogP contribution in [-0.2, 0) is 12.8 Å². The third-order valence-corrected chi connectivity index (χ3v) is 6.40. The van der Waals surface area contributed by atoms with Crippen LogP contribution in [0.2, 0.25) is 0 Å². The van der Waals surface area contributed by atoms with Gasteiger partial charge in [-0.3, -0.25) is 4.79 Å². The summed E-state index contributed by atoms with van der Waals surface area (Å²) in [5.41, 5.74) is 5.09. The fourth-order valence-electron chi connectivity index (χ4n) is 3.85. The normalized spacial score (nSPS) is 11.5. The third-order valence-electron chi connectivity index (χ3n) is 5.10. The molecule has 1 atom stereocenters. The molecule has 3 aromatic rings. The van der Waals surface area contributed by atoms with Crippen LogP contribution in [0.3, 0.4) is 0 Å². The van der Waals surface area contributed by atoms with Gasteiger partial charge in [0.1, 0.15) is 0 Å². The molecule has 1 amide bonds. The maximum Gasteiger partial charge on any atom is 0.258 e. The van der Waals surface area contributed by atoms with E-state index in [9.17, 15) is 4.79 Å². The maximum absolute atomic E-state index is 13.5. The van der Waals surface area contributed by atoms with E-state index in [4.69, 9.17) is 0 Å². The first-order valence-corrected chi connectivity index (χ1v) is 11.1. The molecule has 0 aliphatic carbocycles. The quantitative estimate of drug-likeness (QED) is 0.472. The summed E-state index contributed by atoms with van der Waals surface area (Å²) in [5.74, 6) is 2.49. The smallest absolute Gasteiger partial charge is 0.258 e. The molecule has 0 spiro atoms. The maximum atomic E-state index is 13.5. The van der Waals surface area contributed by atoms with Crippen LogP contribution in [0.1, 0.15) is 60.0 Å². The molecule has 1 heterocycles. The molecule has 1 aromatic heterocycles. The summed E-state index contributed by atoms with van der Waals surface area (Å²) in [4.78, 5) is 15.5. The lowest BCUT2D eigenvalue weighted by Crippen LogP contribution is -2.42. The van der Waals surface area contributed by atoms with Crippen molar-refractivity contribution >= 4 is 14.1 Å². The Hall–Kier alpha value is -2.31. The second-order valence-electron chi connectivity index (χ2n) is 7.89. The Kier molecular flexibility index (Phi) is 6.75. The third kappa shape index (κ3) is 4.75. The van der Waals surface area contributed by atoms with Crippen LogP contribution >= 0.6 is 8.19 Å². The van der Waals surface area contributed by atoms with Crippen molar-refractivity contribution in [2.24, 2.45) is 0 Å². The number of hydrogen-bond acceptors (Lipinski definition) is 1. The lowest BCUT2D eigenvalue weighted by Gasteiger charge is -2.31. The van der Waals surface area contributed by atoms with Crippen molar-refractivity contribution in [1.29, 1.82) is 0 Å². The molecule has 2 nitrogen and oxygen atoms in total. The van der Waals surface area contributed by atoms with Crippen molar-refractivity contribution in [2.75, 3.05) is 0 Å². The Balaban J connectivity index is 2.00. The van der Waals surface area contributed by atoms with Gasteiger partial charge >= 0.3 is 0 Å². The van der Waals surface area contributed by atoms with E-state index in [-0.39, 0.29) is 18.0 Å². The Morgan fingerprint density at radius 3 is 1.82 bits per heavy atom. The molecule has 0 aliphatic rings. The van der Waals surface area contributed by atoms with Crippen molar-refractivity contribution in [3.05, 3.63) is 94.0 Å². The van der Waals surface area contributed by atoms with Gasteiger partial charge in [-0.15, -0.1) is 8.19 Å². The lowest BCUT2D eigenvalue weighted by molar-refractivity contribution is 0.0648. The fourth-order valence-corrected chi connectivity index (χ4v) is 5.13. The lowest BCUT2D eigenvalue weighted by atomic mass is 9.96. The molecule has 0 fully saturated rings. The average Bonchev–Trinajstić information content (AvgIpc) is 3.05. The zero-order valence-corrected chi connectivity index (χ0v) is 18.3. The molecule has 0 bridgehead atoms. The standard InChI is InChI=1S/C25H30NOP/c1-18(2)26(19(3)4)25(27)24-23(16-21-13-9-6-10-14-21)22(17-28-24)15-20-11-7-5-8-12-20/h5-14,17-19,28H,15-16H2,1-4H3. The number of hydrogen-bond donors (Lipinski definition) is 0. The summed E-state index contributed by atoms with van der Waals surface area (Å²) >= 11 is 0. The predicted molar refractivity (Wildman–Crippen MR) is 121 cm³/mol. The zero-order valence-electron chi connectivity index (χ0n) is 17.3. The number of amides is 1. The molecular weight excluding hydrogens is 361 g/mol. The van der Waals surface area contributed by atoms with Gasteiger partial charge in [-0.2, -0.15) is 0 Å². The SMILES string of the molecule is CC(C)N(C(=O)c1[pH]cc(Cc2ccccc2)c1Cc1ccccc1)C(C)C. The number of benzene rings is 2. The van der Waals surface area contributed by atoms with Gasteiger partial charge in [0.25, 0.3) is 5.91 Å². The number of carbonyl (C=O) groups is 1. The Labute approximate surface area is 170 Å². The first-order chi connectivity index (χ1) is 13.5. The Morgan fingerprint density at radius 2 is 1.32 bits per heavy atom. The van der Waals surface area contributed by atoms with E-state index >= 15 is 0 Å². The number of nitrogens with zero attached hydrogens (tertiary/aromatic N) is 1. The van der Waals surface area contributed by atoms with Crippen LogP contribution in [0.4, 0.5) is 0 Å². The largest absolute Gasteiger partial charge is 0.334 e. The highest BCUT2D eigenvalue weighted by molar-refractivity contribution is 7.32. The van der Waals surface area contributed by atoms with E-state index < -0.39 is 0 Å². The van der Waals surface area contributed by atoms with Crippen molar-refractivity contribution in [3.63, 3.8) is 0 Å². The molecule has 1 unspecified atom stereocenters. The molecule has 146 valence electrons. The summed E-state index contributed by atoms with van der Waals surface area (Å²) in [7, 11) is 0.449. The van der Waals surface area contributed by atoms with Gasteiger partial charge in [0.05, 0.1) is 5.30 Å².